The highest BCUT2D eigenvalue weighted by Gasteiger charge is 2.29. The number of rotatable bonds is 5. The van der Waals surface area contributed by atoms with Crippen molar-refractivity contribution >= 4 is 65.6 Å². The molecule has 0 spiro atoms. The van der Waals surface area contributed by atoms with E-state index < -0.39 is 5.82 Å². The summed E-state index contributed by atoms with van der Waals surface area (Å²) >= 11 is 0. The van der Waals surface area contributed by atoms with E-state index in [2.05, 4.69) is 100 Å². The monoisotopic (exact) mass is 747 g/mol. The fraction of sp³-hybridized carbons (Fsp3) is 0. The Morgan fingerprint density at radius 1 is 0.397 bits per heavy atom. The van der Waals surface area contributed by atoms with Crippen LogP contribution in [0.1, 0.15) is 0 Å². The first-order valence-electron chi connectivity index (χ1n) is 19.2. The molecule has 0 unspecified atom stereocenters. The number of para-hydroxylation sites is 5. The number of nitrogens with zero attached hydrogens (tertiary/aromatic N) is 5. The molecule has 12 aromatic rings. The van der Waals surface area contributed by atoms with E-state index in [9.17, 15) is 0 Å². The van der Waals surface area contributed by atoms with E-state index in [1.165, 1.54) is 6.07 Å². The summed E-state index contributed by atoms with van der Waals surface area (Å²) in [5.74, 6) is 1.12. The van der Waals surface area contributed by atoms with Crippen LogP contribution in [0.4, 0.5) is 4.39 Å². The Morgan fingerprint density at radius 2 is 0.828 bits per heavy atom. The molecule has 8 aromatic carbocycles. The minimum atomic E-state index is -0.436. The van der Waals surface area contributed by atoms with Crippen molar-refractivity contribution in [3.63, 3.8) is 0 Å². The molecule has 0 saturated carbocycles. The Kier molecular flexibility index (Phi) is 7.01. The molecule has 12 rings (SSSR count). The summed E-state index contributed by atoms with van der Waals surface area (Å²) in [7, 11) is 0. The molecular formula is C51H30FN5O. The highest BCUT2D eigenvalue weighted by molar-refractivity contribution is 6.19. The lowest BCUT2D eigenvalue weighted by atomic mass is 10.0. The van der Waals surface area contributed by atoms with Crippen molar-refractivity contribution in [3.05, 3.63) is 188 Å². The third-order valence-corrected chi connectivity index (χ3v) is 11.2. The molecule has 272 valence electrons. The topological polar surface area (TPSA) is 61.7 Å². The molecule has 0 aliphatic rings. The van der Waals surface area contributed by atoms with Crippen LogP contribution in [0.25, 0.3) is 111 Å². The SMILES string of the molecule is Fc1cccc2c1oc1c(-n3c4ccccc4c4ccccc43)cc(-c3nc(-c4ccccc4)nc(-c4ccccc4)n3)c(-n3c4ccccc4c4ccccc43)c12. The molecule has 0 saturated heterocycles. The third kappa shape index (κ3) is 4.74. The van der Waals surface area contributed by atoms with Gasteiger partial charge in [-0.3, -0.25) is 0 Å². The minimum absolute atomic E-state index is 0.185. The smallest absolute Gasteiger partial charge is 0.171 e. The lowest BCUT2D eigenvalue weighted by molar-refractivity contribution is 0.583. The Labute approximate surface area is 330 Å². The van der Waals surface area contributed by atoms with E-state index in [0.717, 1.165) is 77.1 Å². The van der Waals surface area contributed by atoms with Crippen molar-refractivity contribution in [3.8, 4) is 45.5 Å². The normalized spacial score (nSPS) is 11.9. The maximum absolute atomic E-state index is 16.1. The summed E-state index contributed by atoms with van der Waals surface area (Å²) in [5, 5.41) is 5.77. The number of furan rings is 1. The average Bonchev–Trinajstić information content (AvgIpc) is 3.96. The Hall–Kier alpha value is -7.90. The van der Waals surface area contributed by atoms with Crippen LogP contribution < -0.4 is 0 Å². The standard InChI is InChI=1S/C51H30FN5O/c52-39-25-15-24-37-45-46(57-42-28-13-9-22-35(42)36-23-10-14-29-43(36)57)38(51-54-49(31-16-3-1-4-17-31)53-50(55-51)32-18-5-2-6-19-32)30-44(48(45)58-47(37)39)56-40-26-11-7-20-33(40)34-21-8-12-27-41(34)56/h1-30H. The van der Waals surface area contributed by atoms with Crippen molar-refractivity contribution in [2.24, 2.45) is 0 Å². The summed E-state index contributed by atoms with van der Waals surface area (Å²) < 4.78 is 27.5. The van der Waals surface area contributed by atoms with Crippen LogP contribution in [-0.4, -0.2) is 24.1 Å². The molecule has 0 radical (unpaired) electrons. The van der Waals surface area contributed by atoms with Crippen LogP contribution in [0.2, 0.25) is 0 Å². The largest absolute Gasteiger partial charge is 0.451 e. The van der Waals surface area contributed by atoms with Crippen molar-refractivity contribution in [2.45, 2.75) is 0 Å². The molecule has 0 N–H and O–H groups in total. The molecule has 0 aliphatic carbocycles. The van der Waals surface area contributed by atoms with Crippen LogP contribution in [0.15, 0.2) is 186 Å². The second kappa shape index (κ2) is 12.6. The summed E-state index contributed by atoms with van der Waals surface area (Å²) in [6.45, 7) is 0. The zero-order chi connectivity index (χ0) is 38.3. The molecule has 7 heteroatoms. The highest BCUT2D eigenvalue weighted by atomic mass is 19.1. The van der Waals surface area contributed by atoms with Gasteiger partial charge in [-0.2, -0.15) is 0 Å². The first-order valence-corrected chi connectivity index (χ1v) is 19.2. The fourth-order valence-corrected chi connectivity index (χ4v) is 8.75. The molecule has 4 aromatic heterocycles. The number of hydrogen-bond acceptors (Lipinski definition) is 4. The van der Waals surface area contributed by atoms with Crippen LogP contribution in [0.5, 0.6) is 0 Å². The van der Waals surface area contributed by atoms with Gasteiger partial charge in [0.05, 0.1) is 38.8 Å². The summed E-state index contributed by atoms with van der Waals surface area (Å²) in [5.41, 5.74) is 8.68. The number of hydrogen-bond donors (Lipinski definition) is 0. The molecule has 4 heterocycles. The van der Waals surface area contributed by atoms with Crippen molar-refractivity contribution in [1.29, 1.82) is 0 Å². The van der Waals surface area contributed by atoms with Gasteiger partial charge in [0.25, 0.3) is 0 Å². The maximum atomic E-state index is 16.1. The fourth-order valence-electron chi connectivity index (χ4n) is 8.75. The lowest BCUT2D eigenvalue weighted by Gasteiger charge is -2.19. The Bertz CT molecular complexity index is 3420. The predicted octanol–water partition coefficient (Wildman–Crippen LogP) is 13.1. The summed E-state index contributed by atoms with van der Waals surface area (Å²) in [6, 6.07) is 60.8. The number of halogens is 1. The van der Waals surface area contributed by atoms with E-state index >= 15 is 4.39 Å². The third-order valence-electron chi connectivity index (χ3n) is 11.2. The first kappa shape index (κ1) is 32.4. The van der Waals surface area contributed by atoms with Gasteiger partial charge in [-0.25, -0.2) is 19.3 Å². The summed E-state index contributed by atoms with van der Waals surface area (Å²) in [4.78, 5) is 15.7. The summed E-state index contributed by atoms with van der Waals surface area (Å²) in [6.07, 6.45) is 0. The van der Waals surface area contributed by atoms with Gasteiger partial charge in [-0.1, -0.05) is 146 Å². The van der Waals surface area contributed by atoms with E-state index in [1.54, 1.807) is 6.07 Å². The van der Waals surface area contributed by atoms with Gasteiger partial charge < -0.3 is 13.6 Å². The lowest BCUT2D eigenvalue weighted by Crippen LogP contribution is -2.06. The van der Waals surface area contributed by atoms with E-state index in [-0.39, 0.29) is 5.58 Å². The Balaban J connectivity index is 1.33. The molecule has 0 fully saturated rings. The van der Waals surface area contributed by atoms with Gasteiger partial charge >= 0.3 is 0 Å². The van der Waals surface area contributed by atoms with Gasteiger partial charge in [-0.15, -0.1) is 0 Å². The van der Waals surface area contributed by atoms with Gasteiger partial charge in [-0.05, 0) is 36.4 Å². The molecule has 0 bridgehead atoms. The number of fused-ring (bicyclic) bond motifs is 9. The molecule has 0 amide bonds. The predicted molar refractivity (Wildman–Crippen MR) is 232 cm³/mol. The molecule has 0 atom stereocenters. The van der Waals surface area contributed by atoms with E-state index in [0.29, 0.717) is 28.4 Å². The van der Waals surface area contributed by atoms with Gasteiger partial charge in [0, 0.05) is 43.6 Å². The van der Waals surface area contributed by atoms with E-state index in [1.807, 2.05) is 78.9 Å². The van der Waals surface area contributed by atoms with Gasteiger partial charge in [0.15, 0.2) is 34.5 Å². The first-order chi connectivity index (χ1) is 28.7. The van der Waals surface area contributed by atoms with Crippen molar-refractivity contribution < 1.29 is 8.81 Å². The van der Waals surface area contributed by atoms with Crippen LogP contribution >= 0.6 is 0 Å². The molecular weight excluding hydrogens is 718 g/mol. The van der Waals surface area contributed by atoms with Crippen LogP contribution in [0.3, 0.4) is 0 Å². The van der Waals surface area contributed by atoms with Gasteiger partial charge in [0.1, 0.15) is 0 Å². The Morgan fingerprint density at radius 3 is 1.34 bits per heavy atom. The zero-order valence-corrected chi connectivity index (χ0v) is 30.8. The average molecular weight is 748 g/mol. The quantitative estimate of drug-likeness (QED) is 0.176. The second-order valence-electron chi connectivity index (χ2n) is 14.5. The van der Waals surface area contributed by atoms with Crippen LogP contribution in [0, 0.1) is 5.82 Å². The molecule has 0 aliphatic heterocycles. The maximum Gasteiger partial charge on any atom is 0.171 e. The minimum Gasteiger partial charge on any atom is -0.451 e. The second-order valence-corrected chi connectivity index (χ2v) is 14.5. The van der Waals surface area contributed by atoms with Gasteiger partial charge in [0.2, 0.25) is 0 Å². The van der Waals surface area contributed by atoms with Crippen molar-refractivity contribution in [1.82, 2.24) is 24.1 Å². The molecule has 58 heavy (non-hydrogen) atoms. The number of benzene rings is 8. The zero-order valence-electron chi connectivity index (χ0n) is 30.8. The molecule has 6 nitrogen and oxygen atoms in total. The van der Waals surface area contributed by atoms with Crippen molar-refractivity contribution in [2.75, 3.05) is 0 Å². The number of aromatic nitrogens is 5. The highest BCUT2D eigenvalue weighted by Crippen LogP contribution is 2.47. The van der Waals surface area contributed by atoms with E-state index in [4.69, 9.17) is 19.4 Å². The van der Waals surface area contributed by atoms with Crippen LogP contribution in [-0.2, 0) is 0 Å².